The molecule has 2 aliphatic rings. The molecule has 2 aliphatic heterocycles. The van der Waals surface area contributed by atoms with Crippen molar-refractivity contribution in [1.82, 2.24) is 15.0 Å². The topological polar surface area (TPSA) is 91.3 Å². The molecule has 162 valence electrons. The van der Waals surface area contributed by atoms with E-state index in [0.29, 0.717) is 17.4 Å². The van der Waals surface area contributed by atoms with E-state index in [0.717, 1.165) is 43.6 Å². The van der Waals surface area contributed by atoms with Crippen molar-refractivity contribution in [2.45, 2.75) is 50.0 Å². The summed E-state index contributed by atoms with van der Waals surface area (Å²) in [6.07, 6.45) is 8.40. The van der Waals surface area contributed by atoms with Crippen LogP contribution in [-0.4, -0.2) is 55.8 Å². The molecule has 0 spiro atoms. The molecule has 1 aromatic heterocycles. The maximum atomic E-state index is 11.6. The van der Waals surface area contributed by atoms with Gasteiger partial charge in [0, 0.05) is 39.0 Å². The Kier molecular flexibility index (Phi) is 6.36. The molecule has 4 rings (SSSR count). The third-order valence-electron chi connectivity index (χ3n) is 5.69. The highest BCUT2D eigenvalue weighted by atomic mass is 32.2. The van der Waals surface area contributed by atoms with E-state index in [2.05, 4.69) is 15.1 Å². The van der Waals surface area contributed by atoms with E-state index in [-0.39, 0.29) is 0 Å². The van der Waals surface area contributed by atoms with Crippen molar-refractivity contribution in [2.24, 2.45) is 0 Å². The Morgan fingerprint density at radius 2 is 1.30 bits per heavy atom. The first-order valence-corrected chi connectivity index (χ1v) is 12.7. The van der Waals surface area contributed by atoms with E-state index in [1.54, 1.807) is 12.1 Å². The van der Waals surface area contributed by atoms with Crippen LogP contribution in [0, 0.1) is 0 Å². The van der Waals surface area contributed by atoms with Gasteiger partial charge in [0.05, 0.1) is 4.90 Å². The Balaban J connectivity index is 1.53. The summed E-state index contributed by atoms with van der Waals surface area (Å²) in [5, 5.41) is 3.31. The lowest BCUT2D eigenvalue weighted by Gasteiger charge is -2.30. The Hall–Kier alpha value is -2.42. The van der Waals surface area contributed by atoms with E-state index in [1.807, 2.05) is 12.1 Å². The van der Waals surface area contributed by atoms with Crippen molar-refractivity contribution in [2.75, 3.05) is 47.6 Å². The van der Waals surface area contributed by atoms with E-state index in [9.17, 15) is 8.42 Å². The van der Waals surface area contributed by atoms with Gasteiger partial charge in [-0.05, 0) is 56.2 Å². The second-order valence-electron chi connectivity index (χ2n) is 8.12. The Morgan fingerprint density at radius 1 is 0.800 bits per heavy atom. The molecule has 0 bridgehead atoms. The minimum atomic E-state index is -3.19. The molecule has 0 radical (unpaired) electrons. The molecule has 0 saturated carbocycles. The second kappa shape index (κ2) is 9.16. The van der Waals surface area contributed by atoms with Crippen LogP contribution in [0.4, 0.5) is 17.8 Å². The van der Waals surface area contributed by atoms with Gasteiger partial charge in [-0.15, -0.1) is 0 Å². The number of nitrogens with zero attached hydrogens (tertiary/aromatic N) is 5. The maximum absolute atomic E-state index is 11.6. The third kappa shape index (κ3) is 5.19. The number of piperidine rings is 2. The van der Waals surface area contributed by atoms with Crippen molar-refractivity contribution in [3.05, 3.63) is 29.8 Å². The number of nitrogens with one attached hydrogen (secondary N) is 1. The molecule has 0 atom stereocenters. The van der Waals surface area contributed by atoms with Crippen LogP contribution in [-0.2, 0) is 16.4 Å². The Bertz CT molecular complexity index is 916. The van der Waals surface area contributed by atoms with Gasteiger partial charge in [-0.1, -0.05) is 12.1 Å². The molecule has 2 fully saturated rings. The van der Waals surface area contributed by atoms with Crippen molar-refractivity contribution >= 4 is 27.7 Å². The molecule has 3 heterocycles. The largest absolute Gasteiger partial charge is 0.350 e. The van der Waals surface area contributed by atoms with Crippen LogP contribution < -0.4 is 15.1 Å². The second-order valence-corrected chi connectivity index (χ2v) is 10.1. The molecule has 1 aromatic carbocycles. The molecule has 0 unspecified atom stereocenters. The van der Waals surface area contributed by atoms with Crippen LogP contribution in [0.15, 0.2) is 29.2 Å². The number of aromatic nitrogens is 3. The highest BCUT2D eigenvalue weighted by molar-refractivity contribution is 7.90. The number of rotatable bonds is 6. The van der Waals surface area contributed by atoms with Gasteiger partial charge in [0.25, 0.3) is 0 Å². The van der Waals surface area contributed by atoms with Crippen molar-refractivity contribution in [3.63, 3.8) is 0 Å². The standard InChI is InChI=1S/C21H30N6O2S/c1-30(28,29)18-10-8-17(9-11-18)16-22-19-23-20(26-12-4-2-5-13-26)25-21(24-19)27-14-6-3-7-15-27/h8-11H,2-7,12-16H2,1H3,(H,22,23,24,25). The monoisotopic (exact) mass is 430 g/mol. The summed E-state index contributed by atoms with van der Waals surface area (Å²) < 4.78 is 23.3. The van der Waals surface area contributed by atoms with Crippen LogP contribution >= 0.6 is 0 Å². The fraction of sp³-hybridized carbons (Fsp3) is 0.571. The first-order valence-electron chi connectivity index (χ1n) is 10.8. The summed E-state index contributed by atoms with van der Waals surface area (Å²) in [4.78, 5) is 19.0. The van der Waals surface area contributed by atoms with Gasteiger partial charge in [0.15, 0.2) is 9.84 Å². The molecular formula is C21H30N6O2S. The Morgan fingerprint density at radius 3 is 1.77 bits per heavy atom. The van der Waals surface area contributed by atoms with Crippen LogP contribution in [0.3, 0.4) is 0 Å². The number of sulfone groups is 1. The molecule has 1 N–H and O–H groups in total. The first-order chi connectivity index (χ1) is 14.5. The normalized spacial score (nSPS) is 17.8. The van der Waals surface area contributed by atoms with Crippen LogP contribution in [0.5, 0.6) is 0 Å². The lowest BCUT2D eigenvalue weighted by molar-refractivity contribution is 0.556. The molecule has 30 heavy (non-hydrogen) atoms. The summed E-state index contributed by atoms with van der Waals surface area (Å²) in [5.74, 6) is 2.07. The summed E-state index contributed by atoms with van der Waals surface area (Å²) in [6, 6.07) is 6.92. The van der Waals surface area contributed by atoms with Gasteiger partial charge in [0.2, 0.25) is 17.8 Å². The predicted octanol–water partition coefficient (Wildman–Crippen LogP) is 2.87. The van der Waals surface area contributed by atoms with Crippen molar-refractivity contribution in [3.8, 4) is 0 Å². The average molecular weight is 431 g/mol. The zero-order valence-corrected chi connectivity index (χ0v) is 18.4. The van der Waals surface area contributed by atoms with Crippen LogP contribution in [0.1, 0.15) is 44.1 Å². The highest BCUT2D eigenvalue weighted by Gasteiger charge is 2.20. The van der Waals surface area contributed by atoms with E-state index in [1.165, 1.54) is 44.8 Å². The van der Waals surface area contributed by atoms with Crippen molar-refractivity contribution in [1.29, 1.82) is 0 Å². The lowest BCUT2D eigenvalue weighted by atomic mass is 10.1. The van der Waals surface area contributed by atoms with Gasteiger partial charge < -0.3 is 15.1 Å². The van der Waals surface area contributed by atoms with E-state index < -0.39 is 9.84 Å². The third-order valence-corrected chi connectivity index (χ3v) is 6.82. The Labute approximate surface area is 178 Å². The number of hydrogen-bond acceptors (Lipinski definition) is 8. The number of benzene rings is 1. The van der Waals surface area contributed by atoms with Gasteiger partial charge in [0.1, 0.15) is 0 Å². The quantitative estimate of drug-likeness (QED) is 0.748. The fourth-order valence-corrected chi connectivity index (χ4v) is 4.57. The minimum Gasteiger partial charge on any atom is -0.350 e. The summed E-state index contributed by atoms with van der Waals surface area (Å²) in [5.41, 5.74) is 0.974. The van der Waals surface area contributed by atoms with Crippen LogP contribution in [0.25, 0.3) is 0 Å². The zero-order valence-electron chi connectivity index (χ0n) is 17.5. The molecule has 2 saturated heterocycles. The van der Waals surface area contributed by atoms with Gasteiger partial charge in [-0.2, -0.15) is 15.0 Å². The molecular weight excluding hydrogens is 400 g/mol. The maximum Gasteiger partial charge on any atom is 0.231 e. The molecule has 8 nitrogen and oxygen atoms in total. The molecule has 0 amide bonds. The number of anilines is 3. The van der Waals surface area contributed by atoms with Gasteiger partial charge >= 0.3 is 0 Å². The molecule has 2 aromatic rings. The predicted molar refractivity (Wildman–Crippen MR) is 119 cm³/mol. The van der Waals surface area contributed by atoms with E-state index in [4.69, 9.17) is 15.0 Å². The fourth-order valence-electron chi connectivity index (χ4n) is 3.94. The lowest BCUT2D eigenvalue weighted by Crippen LogP contribution is -2.34. The van der Waals surface area contributed by atoms with Gasteiger partial charge in [-0.3, -0.25) is 0 Å². The number of hydrogen-bond donors (Lipinski definition) is 1. The van der Waals surface area contributed by atoms with E-state index >= 15 is 0 Å². The SMILES string of the molecule is CS(=O)(=O)c1ccc(CNc2nc(N3CCCCC3)nc(N3CCCCC3)n2)cc1. The highest BCUT2D eigenvalue weighted by Crippen LogP contribution is 2.23. The summed E-state index contributed by atoms with van der Waals surface area (Å²) >= 11 is 0. The van der Waals surface area contributed by atoms with Crippen molar-refractivity contribution < 1.29 is 8.42 Å². The van der Waals surface area contributed by atoms with Gasteiger partial charge in [-0.25, -0.2) is 8.42 Å². The molecule has 9 heteroatoms. The van der Waals surface area contributed by atoms with Crippen LogP contribution in [0.2, 0.25) is 0 Å². The zero-order chi connectivity index (χ0) is 21.0. The molecule has 0 aliphatic carbocycles. The average Bonchev–Trinajstić information content (AvgIpc) is 2.78. The summed E-state index contributed by atoms with van der Waals surface area (Å²) in [6.45, 7) is 4.45. The first kappa shape index (κ1) is 20.8. The summed E-state index contributed by atoms with van der Waals surface area (Å²) in [7, 11) is -3.19. The minimum absolute atomic E-state index is 0.325. The smallest absolute Gasteiger partial charge is 0.231 e.